The van der Waals surface area contributed by atoms with Crippen molar-refractivity contribution in [3.63, 3.8) is 0 Å². The molecule has 0 saturated carbocycles. The number of benzene rings is 2. The third-order valence-electron chi connectivity index (χ3n) is 4.14. The Balaban J connectivity index is 1.73. The molecule has 1 heterocycles. The van der Waals surface area contributed by atoms with Crippen LogP contribution in [0.2, 0.25) is 0 Å². The molecule has 1 saturated heterocycles. The molecule has 0 bridgehead atoms. The lowest BCUT2D eigenvalue weighted by atomic mass is 10.1. The predicted octanol–water partition coefficient (Wildman–Crippen LogP) is 3.26. The standard InChI is InChI=1S/C19H19NO3/c1-13-7-6-8-14(2)18(13)23-19(22)15-11-17(21)20(12-15)16-9-4-3-5-10-16/h3-10,15H,11-12H2,1-2H3/t15-/m1/s1. The first kappa shape index (κ1) is 15.3. The van der Waals surface area contributed by atoms with Gasteiger partial charge in [-0.1, -0.05) is 36.4 Å². The normalized spacial score (nSPS) is 17.4. The number of hydrogen-bond donors (Lipinski definition) is 0. The summed E-state index contributed by atoms with van der Waals surface area (Å²) in [6.45, 7) is 4.18. The molecule has 1 aliphatic rings. The van der Waals surface area contributed by atoms with Crippen LogP contribution in [0.4, 0.5) is 5.69 Å². The minimum absolute atomic E-state index is 0.0420. The highest BCUT2D eigenvalue weighted by atomic mass is 16.5. The number of para-hydroxylation sites is 2. The topological polar surface area (TPSA) is 46.6 Å². The number of anilines is 1. The quantitative estimate of drug-likeness (QED) is 0.646. The van der Waals surface area contributed by atoms with E-state index in [4.69, 9.17) is 4.74 Å². The van der Waals surface area contributed by atoms with Crippen LogP contribution in [0.5, 0.6) is 5.75 Å². The summed E-state index contributed by atoms with van der Waals surface area (Å²) in [5.74, 6) is -0.210. The van der Waals surface area contributed by atoms with Gasteiger partial charge in [0.05, 0.1) is 5.92 Å². The van der Waals surface area contributed by atoms with E-state index in [1.165, 1.54) is 0 Å². The fourth-order valence-electron chi connectivity index (χ4n) is 2.87. The molecule has 0 aliphatic carbocycles. The Bertz CT molecular complexity index is 719. The van der Waals surface area contributed by atoms with Gasteiger partial charge in [0.25, 0.3) is 0 Å². The van der Waals surface area contributed by atoms with E-state index in [1.807, 2.05) is 62.4 Å². The maximum absolute atomic E-state index is 12.4. The van der Waals surface area contributed by atoms with Gasteiger partial charge in [0.1, 0.15) is 5.75 Å². The van der Waals surface area contributed by atoms with Crippen molar-refractivity contribution >= 4 is 17.6 Å². The number of carbonyl (C=O) groups excluding carboxylic acids is 2. The highest BCUT2D eigenvalue weighted by Gasteiger charge is 2.36. The van der Waals surface area contributed by atoms with Gasteiger partial charge >= 0.3 is 5.97 Å². The Morgan fingerprint density at radius 2 is 1.70 bits per heavy atom. The lowest BCUT2D eigenvalue weighted by molar-refractivity contribution is -0.139. The third-order valence-corrected chi connectivity index (χ3v) is 4.14. The van der Waals surface area contributed by atoms with Crippen molar-refractivity contribution in [1.82, 2.24) is 0 Å². The van der Waals surface area contributed by atoms with Crippen molar-refractivity contribution in [1.29, 1.82) is 0 Å². The van der Waals surface area contributed by atoms with Crippen molar-refractivity contribution < 1.29 is 14.3 Å². The lowest BCUT2D eigenvalue weighted by Gasteiger charge is -2.16. The number of carbonyl (C=O) groups is 2. The second-order valence-electron chi connectivity index (χ2n) is 5.88. The average Bonchev–Trinajstić information content (AvgIpc) is 2.94. The molecule has 1 amide bonds. The van der Waals surface area contributed by atoms with Crippen LogP contribution in [0.15, 0.2) is 48.5 Å². The second kappa shape index (κ2) is 6.24. The SMILES string of the molecule is Cc1cccc(C)c1OC(=O)[C@@H]1CC(=O)N(c2ccccc2)C1. The first-order valence-electron chi connectivity index (χ1n) is 7.69. The number of hydrogen-bond acceptors (Lipinski definition) is 3. The molecule has 4 heteroatoms. The van der Waals surface area contributed by atoms with E-state index in [2.05, 4.69) is 0 Å². The van der Waals surface area contributed by atoms with Crippen LogP contribution in [0, 0.1) is 19.8 Å². The molecule has 0 spiro atoms. The first-order valence-corrected chi connectivity index (χ1v) is 7.69. The maximum atomic E-state index is 12.4. The van der Waals surface area contributed by atoms with E-state index >= 15 is 0 Å². The van der Waals surface area contributed by atoms with Crippen molar-refractivity contribution in [3.05, 3.63) is 59.7 Å². The zero-order chi connectivity index (χ0) is 16.4. The second-order valence-corrected chi connectivity index (χ2v) is 5.88. The molecular formula is C19H19NO3. The minimum atomic E-state index is -0.429. The molecule has 118 valence electrons. The summed E-state index contributed by atoms with van der Waals surface area (Å²) < 4.78 is 5.57. The number of amides is 1. The molecular weight excluding hydrogens is 290 g/mol. The molecule has 4 nitrogen and oxygen atoms in total. The zero-order valence-electron chi connectivity index (χ0n) is 13.3. The molecule has 3 rings (SSSR count). The molecule has 0 N–H and O–H groups in total. The zero-order valence-corrected chi connectivity index (χ0v) is 13.3. The lowest BCUT2D eigenvalue weighted by Crippen LogP contribution is -2.27. The summed E-state index contributed by atoms with van der Waals surface area (Å²) in [5.41, 5.74) is 2.66. The van der Waals surface area contributed by atoms with Gasteiger partial charge in [-0.2, -0.15) is 0 Å². The van der Waals surface area contributed by atoms with Gasteiger partial charge in [0, 0.05) is 18.7 Å². The summed E-state index contributed by atoms with van der Waals surface area (Å²) in [6, 6.07) is 15.1. The number of ether oxygens (including phenoxy) is 1. The largest absolute Gasteiger partial charge is 0.426 e. The van der Waals surface area contributed by atoms with Gasteiger partial charge < -0.3 is 9.64 Å². The van der Waals surface area contributed by atoms with Crippen LogP contribution in [-0.2, 0) is 9.59 Å². The fourth-order valence-corrected chi connectivity index (χ4v) is 2.87. The molecule has 1 fully saturated rings. The van der Waals surface area contributed by atoms with Crippen LogP contribution in [0.1, 0.15) is 17.5 Å². The predicted molar refractivity (Wildman–Crippen MR) is 88.5 cm³/mol. The van der Waals surface area contributed by atoms with Crippen LogP contribution < -0.4 is 9.64 Å². The molecule has 0 aromatic heterocycles. The van der Waals surface area contributed by atoms with Crippen LogP contribution in [0.25, 0.3) is 0 Å². The Morgan fingerprint density at radius 1 is 1.04 bits per heavy atom. The number of rotatable bonds is 3. The average molecular weight is 309 g/mol. The van der Waals surface area contributed by atoms with Crippen LogP contribution in [-0.4, -0.2) is 18.4 Å². The molecule has 2 aromatic rings. The van der Waals surface area contributed by atoms with Crippen molar-refractivity contribution in [2.75, 3.05) is 11.4 Å². The van der Waals surface area contributed by atoms with Crippen molar-refractivity contribution in [2.45, 2.75) is 20.3 Å². The van der Waals surface area contributed by atoms with Crippen molar-refractivity contribution in [3.8, 4) is 5.75 Å². The summed E-state index contributed by atoms with van der Waals surface area (Å²) in [7, 11) is 0. The first-order chi connectivity index (χ1) is 11.1. The van der Waals surface area contributed by atoms with Gasteiger partial charge in [0.15, 0.2) is 0 Å². The minimum Gasteiger partial charge on any atom is -0.426 e. The summed E-state index contributed by atoms with van der Waals surface area (Å²) in [4.78, 5) is 26.3. The Labute approximate surface area is 135 Å². The van der Waals surface area contributed by atoms with E-state index < -0.39 is 5.92 Å². The van der Waals surface area contributed by atoms with Gasteiger partial charge in [-0.25, -0.2) is 0 Å². The molecule has 23 heavy (non-hydrogen) atoms. The van der Waals surface area contributed by atoms with E-state index in [0.29, 0.717) is 12.3 Å². The third kappa shape index (κ3) is 3.11. The summed E-state index contributed by atoms with van der Waals surface area (Å²) in [6.07, 6.45) is 0.193. The Morgan fingerprint density at radius 3 is 2.35 bits per heavy atom. The fraction of sp³-hybridized carbons (Fsp3) is 0.263. The smallest absolute Gasteiger partial charge is 0.316 e. The maximum Gasteiger partial charge on any atom is 0.316 e. The van der Waals surface area contributed by atoms with E-state index in [-0.39, 0.29) is 18.3 Å². The van der Waals surface area contributed by atoms with E-state index in [9.17, 15) is 9.59 Å². The van der Waals surface area contributed by atoms with Gasteiger partial charge in [-0.15, -0.1) is 0 Å². The Kier molecular flexibility index (Phi) is 4.15. The molecule has 0 radical (unpaired) electrons. The monoisotopic (exact) mass is 309 g/mol. The van der Waals surface area contributed by atoms with Crippen LogP contribution >= 0.6 is 0 Å². The highest BCUT2D eigenvalue weighted by molar-refractivity contribution is 5.99. The summed E-state index contributed by atoms with van der Waals surface area (Å²) >= 11 is 0. The highest BCUT2D eigenvalue weighted by Crippen LogP contribution is 2.28. The van der Waals surface area contributed by atoms with Gasteiger partial charge in [0.2, 0.25) is 5.91 Å². The van der Waals surface area contributed by atoms with Crippen molar-refractivity contribution in [2.24, 2.45) is 5.92 Å². The number of aryl methyl sites for hydroxylation is 2. The van der Waals surface area contributed by atoms with Gasteiger partial charge in [-0.05, 0) is 37.1 Å². The Hall–Kier alpha value is -2.62. The summed E-state index contributed by atoms with van der Waals surface area (Å²) in [5, 5.41) is 0. The molecule has 1 atom stereocenters. The van der Waals surface area contributed by atoms with Gasteiger partial charge in [-0.3, -0.25) is 9.59 Å². The number of esters is 1. The van der Waals surface area contributed by atoms with Crippen LogP contribution in [0.3, 0.4) is 0 Å². The van der Waals surface area contributed by atoms with E-state index in [0.717, 1.165) is 16.8 Å². The molecule has 0 unspecified atom stereocenters. The number of nitrogens with zero attached hydrogens (tertiary/aromatic N) is 1. The molecule has 2 aromatic carbocycles. The molecule has 1 aliphatic heterocycles. The van der Waals surface area contributed by atoms with E-state index in [1.54, 1.807) is 4.90 Å².